The molecular weight excluding hydrogens is 438 g/mol. The zero-order chi connectivity index (χ0) is 23.5. The summed E-state index contributed by atoms with van der Waals surface area (Å²) in [5.74, 6) is -0.0235. The SMILES string of the molecule is CCOCCOCc1cccc(NC(=O)CCCCCn2c(=S)[nH]c3ccccc3c2=O)c1. The van der Waals surface area contributed by atoms with Gasteiger partial charge >= 0.3 is 0 Å². The maximum atomic E-state index is 12.7. The minimum absolute atomic E-state index is 0.0235. The van der Waals surface area contributed by atoms with E-state index in [-0.39, 0.29) is 11.5 Å². The molecule has 0 saturated carbocycles. The van der Waals surface area contributed by atoms with Crippen LogP contribution in [0, 0.1) is 4.77 Å². The molecule has 1 amide bonds. The van der Waals surface area contributed by atoms with E-state index >= 15 is 0 Å². The van der Waals surface area contributed by atoms with E-state index in [1.807, 2.05) is 49.4 Å². The second kappa shape index (κ2) is 13.0. The first-order valence-electron chi connectivity index (χ1n) is 11.3. The highest BCUT2D eigenvalue weighted by Crippen LogP contribution is 2.13. The van der Waals surface area contributed by atoms with Crippen LogP contribution >= 0.6 is 12.2 Å². The van der Waals surface area contributed by atoms with Crippen molar-refractivity contribution in [2.24, 2.45) is 0 Å². The second-order valence-electron chi connectivity index (χ2n) is 7.74. The summed E-state index contributed by atoms with van der Waals surface area (Å²) >= 11 is 5.34. The number of para-hydroxylation sites is 1. The number of aromatic amines is 1. The van der Waals surface area contributed by atoms with Crippen LogP contribution in [0.2, 0.25) is 0 Å². The van der Waals surface area contributed by atoms with Crippen LogP contribution < -0.4 is 10.9 Å². The van der Waals surface area contributed by atoms with E-state index in [0.717, 1.165) is 36.0 Å². The molecule has 0 aliphatic heterocycles. The van der Waals surface area contributed by atoms with E-state index in [4.69, 9.17) is 21.7 Å². The van der Waals surface area contributed by atoms with Gasteiger partial charge in [-0.1, -0.05) is 30.7 Å². The lowest BCUT2D eigenvalue weighted by molar-refractivity contribution is -0.116. The second-order valence-corrected chi connectivity index (χ2v) is 8.13. The van der Waals surface area contributed by atoms with E-state index in [1.54, 1.807) is 10.6 Å². The molecule has 3 rings (SSSR count). The number of nitrogens with one attached hydrogen (secondary N) is 2. The van der Waals surface area contributed by atoms with Gasteiger partial charge < -0.3 is 19.8 Å². The van der Waals surface area contributed by atoms with Gasteiger partial charge in [-0.25, -0.2) is 0 Å². The van der Waals surface area contributed by atoms with Gasteiger partial charge in [0.25, 0.3) is 5.56 Å². The standard InChI is InChI=1S/C25H31N3O4S/c1-2-31-15-16-32-18-19-9-8-10-20(17-19)26-23(29)13-4-3-7-14-28-24(30)21-11-5-6-12-22(21)27-25(28)33/h5-6,8-12,17H,2-4,7,13-16,18H2,1H3,(H,26,29)(H,27,33). The smallest absolute Gasteiger partial charge is 0.262 e. The van der Waals surface area contributed by atoms with Gasteiger partial charge in [0, 0.05) is 25.3 Å². The van der Waals surface area contributed by atoms with Gasteiger partial charge in [0.05, 0.1) is 30.7 Å². The van der Waals surface area contributed by atoms with E-state index in [2.05, 4.69) is 10.3 Å². The number of hydrogen-bond acceptors (Lipinski definition) is 5. The molecule has 0 radical (unpaired) electrons. The van der Waals surface area contributed by atoms with Crippen molar-refractivity contribution in [3.05, 3.63) is 69.2 Å². The van der Waals surface area contributed by atoms with Gasteiger partial charge in [0.2, 0.25) is 5.91 Å². The van der Waals surface area contributed by atoms with Gasteiger partial charge in [-0.05, 0) is 61.8 Å². The number of unbranched alkanes of at least 4 members (excludes halogenated alkanes) is 2. The lowest BCUT2D eigenvalue weighted by Crippen LogP contribution is -2.22. The van der Waals surface area contributed by atoms with E-state index in [1.165, 1.54) is 0 Å². The Morgan fingerprint density at radius 1 is 1.06 bits per heavy atom. The van der Waals surface area contributed by atoms with Crippen molar-refractivity contribution in [1.82, 2.24) is 9.55 Å². The number of anilines is 1. The van der Waals surface area contributed by atoms with E-state index < -0.39 is 0 Å². The van der Waals surface area contributed by atoms with E-state index in [9.17, 15) is 9.59 Å². The summed E-state index contributed by atoms with van der Waals surface area (Å²) in [6, 6.07) is 15.0. The number of fused-ring (bicyclic) bond motifs is 1. The Bertz CT molecular complexity index is 1170. The van der Waals surface area contributed by atoms with Crippen molar-refractivity contribution in [2.75, 3.05) is 25.1 Å². The minimum atomic E-state index is -0.0751. The van der Waals surface area contributed by atoms with Crippen molar-refractivity contribution >= 4 is 34.7 Å². The number of amides is 1. The van der Waals surface area contributed by atoms with Gasteiger partial charge in [-0.3, -0.25) is 14.2 Å². The Hall–Kier alpha value is -2.81. The Morgan fingerprint density at radius 2 is 1.88 bits per heavy atom. The molecular formula is C25H31N3O4S. The Balaban J connectivity index is 1.40. The molecule has 0 atom stereocenters. The van der Waals surface area contributed by atoms with Crippen LogP contribution in [0.3, 0.4) is 0 Å². The highest BCUT2D eigenvalue weighted by atomic mass is 32.1. The lowest BCUT2D eigenvalue weighted by atomic mass is 10.1. The first kappa shape index (κ1) is 24.8. The quantitative estimate of drug-likeness (QED) is 0.277. The zero-order valence-corrected chi connectivity index (χ0v) is 19.8. The third-order valence-corrected chi connectivity index (χ3v) is 5.55. The maximum Gasteiger partial charge on any atom is 0.262 e. The fraction of sp³-hybridized carbons (Fsp3) is 0.400. The normalized spacial score (nSPS) is 11.1. The highest BCUT2D eigenvalue weighted by molar-refractivity contribution is 7.71. The van der Waals surface area contributed by atoms with E-state index in [0.29, 0.717) is 49.6 Å². The first-order chi connectivity index (χ1) is 16.1. The first-order valence-corrected chi connectivity index (χ1v) is 11.8. The average molecular weight is 470 g/mol. The number of nitrogens with zero attached hydrogens (tertiary/aromatic N) is 1. The van der Waals surface area contributed by atoms with Gasteiger partial charge in [-0.2, -0.15) is 0 Å². The summed E-state index contributed by atoms with van der Waals surface area (Å²) in [6.07, 6.45) is 2.77. The van der Waals surface area contributed by atoms with Crippen molar-refractivity contribution in [3.8, 4) is 0 Å². The van der Waals surface area contributed by atoms with Crippen LogP contribution in [0.4, 0.5) is 5.69 Å². The van der Waals surface area contributed by atoms with Crippen molar-refractivity contribution in [3.63, 3.8) is 0 Å². The molecule has 7 nitrogen and oxygen atoms in total. The van der Waals surface area contributed by atoms with Gasteiger partial charge in [-0.15, -0.1) is 0 Å². The summed E-state index contributed by atoms with van der Waals surface area (Å²) in [5, 5.41) is 3.58. The van der Waals surface area contributed by atoms with Crippen LogP contribution in [0.25, 0.3) is 10.9 Å². The largest absolute Gasteiger partial charge is 0.379 e. The number of carbonyl (C=O) groups excluding carboxylic acids is 1. The Morgan fingerprint density at radius 3 is 2.73 bits per heavy atom. The predicted molar refractivity (Wildman–Crippen MR) is 133 cm³/mol. The summed E-state index contributed by atoms with van der Waals surface area (Å²) in [7, 11) is 0. The van der Waals surface area contributed by atoms with Gasteiger partial charge in [0.15, 0.2) is 4.77 Å². The summed E-state index contributed by atoms with van der Waals surface area (Å²) < 4.78 is 12.9. The van der Waals surface area contributed by atoms with Crippen LogP contribution in [-0.2, 0) is 27.4 Å². The third kappa shape index (κ3) is 7.63. The molecule has 176 valence electrons. The molecule has 0 aliphatic rings. The third-order valence-electron chi connectivity index (χ3n) is 5.23. The molecule has 1 heterocycles. The molecule has 0 bridgehead atoms. The van der Waals surface area contributed by atoms with Crippen LogP contribution in [-0.4, -0.2) is 35.3 Å². The molecule has 0 fully saturated rings. The summed E-state index contributed by atoms with van der Waals surface area (Å²) in [6.45, 7) is 4.77. The average Bonchev–Trinajstić information content (AvgIpc) is 2.81. The number of aromatic nitrogens is 2. The Labute approximate surface area is 198 Å². The fourth-order valence-corrected chi connectivity index (χ4v) is 3.83. The number of H-pyrrole nitrogens is 1. The molecule has 33 heavy (non-hydrogen) atoms. The number of hydrogen-bond donors (Lipinski definition) is 2. The molecule has 8 heteroatoms. The van der Waals surface area contributed by atoms with Crippen molar-refractivity contribution in [1.29, 1.82) is 0 Å². The molecule has 0 saturated heterocycles. The number of carbonyl (C=O) groups is 1. The zero-order valence-electron chi connectivity index (χ0n) is 19.0. The molecule has 0 unspecified atom stereocenters. The van der Waals surface area contributed by atoms with Crippen LogP contribution in [0.15, 0.2) is 53.3 Å². The molecule has 0 aliphatic carbocycles. The Kier molecular flexibility index (Phi) is 9.80. The van der Waals surface area contributed by atoms with Crippen LogP contribution in [0.5, 0.6) is 0 Å². The monoisotopic (exact) mass is 469 g/mol. The maximum absolute atomic E-state index is 12.7. The predicted octanol–water partition coefficient (Wildman–Crippen LogP) is 4.81. The van der Waals surface area contributed by atoms with Crippen molar-refractivity contribution < 1.29 is 14.3 Å². The molecule has 2 N–H and O–H groups in total. The lowest BCUT2D eigenvalue weighted by Gasteiger charge is -2.09. The number of benzene rings is 2. The molecule has 3 aromatic rings. The number of rotatable bonds is 13. The fourth-order valence-electron chi connectivity index (χ4n) is 3.55. The summed E-state index contributed by atoms with van der Waals surface area (Å²) in [4.78, 5) is 28.1. The van der Waals surface area contributed by atoms with Crippen molar-refractivity contribution in [2.45, 2.75) is 45.8 Å². The van der Waals surface area contributed by atoms with Gasteiger partial charge in [0.1, 0.15) is 0 Å². The number of ether oxygens (including phenoxy) is 2. The molecule has 1 aromatic heterocycles. The highest BCUT2D eigenvalue weighted by Gasteiger charge is 2.06. The molecule has 0 spiro atoms. The minimum Gasteiger partial charge on any atom is -0.379 e. The topological polar surface area (TPSA) is 85.3 Å². The van der Waals surface area contributed by atoms with Crippen LogP contribution in [0.1, 0.15) is 38.2 Å². The molecule has 2 aromatic carbocycles. The summed E-state index contributed by atoms with van der Waals surface area (Å²) in [5.41, 5.74) is 2.44.